The van der Waals surface area contributed by atoms with Gasteiger partial charge in [-0.15, -0.1) is 0 Å². The van der Waals surface area contributed by atoms with Crippen LogP contribution in [0.3, 0.4) is 0 Å². The second-order valence-corrected chi connectivity index (χ2v) is 4.99. The lowest BCUT2D eigenvalue weighted by molar-refractivity contribution is 0.489. The second kappa shape index (κ2) is 3.91. The Kier molecular flexibility index (Phi) is 3.28. The molecule has 1 aromatic rings. The Morgan fingerprint density at radius 3 is 2.54 bits per heavy atom. The highest BCUT2D eigenvalue weighted by atomic mass is 79.9. The first-order valence-corrected chi connectivity index (χ1v) is 5.97. The maximum atomic E-state index is 10.4. The summed E-state index contributed by atoms with van der Waals surface area (Å²) < 4.78 is 32.2. The SMILES string of the molecule is O=S(=O)(O)Nc1ncc(Br)cc1Br. The quantitative estimate of drug-likeness (QED) is 0.810. The number of halogens is 2. The number of pyridine rings is 1. The van der Waals surface area contributed by atoms with Gasteiger partial charge in [0.2, 0.25) is 0 Å². The molecule has 0 amide bonds. The van der Waals surface area contributed by atoms with E-state index in [1.165, 1.54) is 6.20 Å². The van der Waals surface area contributed by atoms with Crippen LogP contribution in [0.25, 0.3) is 0 Å². The van der Waals surface area contributed by atoms with Crippen molar-refractivity contribution in [3.8, 4) is 0 Å². The Bertz CT molecular complexity index is 420. The van der Waals surface area contributed by atoms with Crippen molar-refractivity contribution in [3.05, 3.63) is 21.2 Å². The van der Waals surface area contributed by atoms with Gasteiger partial charge >= 0.3 is 10.3 Å². The van der Waals surface area contributed by atoms with Crippen LogP contribution in [0.4, 0.5) is 5.82 Å². The van der Waals surface area contributed by atoms with Crippen LogP contribution in [-0.4, -0.2) is 18.0 Å². The second-order valence-electron chi connectivity index (χ2n) is 2.06. The standard InChI is InChI=1S/C5H4Br2N2O3S/c6-3-1-4(7)5(8-2-3)9-13(10,11)12/h1-2H,(H,8,9)(H,10,11,12). The van der Waals surface area contributed by atoms with E-state index in [1.54, 1.807) is 6.07 Å². The summed E-state index contributed by atoms with van der Waals surface area (Å²) in [7, 11) is -4.27. The summed E-state index contributed by atoms with van der Waals surface area (Å²) in [5.74, 6) is 0.0331. The van der Waals surface area contributed by atoms with Gasteiger partial charge in [-0.2, -0.15) is 8.42 Å². The normalized spacial score (nSPS) is 11.3. The third-order valence-corrected chi connectivity index (χ3v) is 2.52. The maximum Gasteiger partial charge on any atom is 0.358 e. The average Bonchev–Trinajstić information content (AvgIpc) is 1.93. The minimum absolute atomic E-state index is 0.0331. The van der Waals surface area contributed by atoms with Crippen molar-refractivity contribution in [1.82, 2.24) is 4.98 Å². The summed E-state index contributed by atoms with van der Waals surface area (Å²) in [6.45, 7) is 0. The van der Waals surface area contributed by atoms with Gasteiger partial charge in [-0.25, -0.2) is 9.71 Å². The van der Waals surface area contributed by atoms with Crippen molar-refractivity contribution in [1.29, 1.82) is 0 Å². The van der Waals surface area contributed by atoms with E-state index >= 15 is 0 Å². The van der Waals surface area contributed by atoms with Gasteiger partial charge in [-0.05, 0) is 37.9 Å². The lowest BCUT2D eigenvalue weighted by atomic mass is 10.5. The first-order valence-electron chi connectivity index (χ1n) is 2.95. The molecule has 2 N–H and O–H groups in total. The summed E-state index contributed by atoms with van der Waals surface area (Å²) in [4.78, 5) is 3.72. The minimum atomic E-state index is -4.27. The Hall–Kier alpha value is -0.180. The molecule has 72 valence electrons. The smallest absolute Gasteiger partial charge is 0.269 e. The molecule has 0 aliphatic heterocycles. The van der Waals surface area contributed by atoms with Crippen LogP contribution in [0, 0.1) is 0 Å². The van der Waals surface area contributed by atoms with Crippen molar-refractivity contribution in [3.63, 3.8) is 0 Å². The Morgan fingerprint density at radius 1 is 1.46 bits per heavy atom. The van der Waals surface area contributed by atoms with Gasteiger partial charge in [-0.3, -0.25) is 4.55 Å². The predicted octanol–water partition coefficient (Wildman–Crippen LogP) is 1.82. The molecular formula is C5H4Br2N2O3S. The zero-order valence-corrected chi connectivity index (χ0v) is 10.0. The van der Waals surface area contributed by atoms with Gasteiger partial charge in [0.1, 0.15) is 0 Å². The van der Waals surface area contributed by atoms with Gasteiger partial charge in [0.15, 0.2) is 5.82 Å². The number of nitrogens with one attached hydrogen (secondary N) is 1. The molecule has 0 aliphatic rings. The van der Waals surface area contributed by atoms with Gasteiger partial charge in [0.05, 0.1) is 4.47 Å². The van der Waals surface area contributed by atoms with E-state index in [4.69, 9.17) is 4.55 Å². The van der Waals surface area contributed by atoms with E-state index in [1.807, 2.05) is 4.72 Å². The molecule has 1 aromatic heterocycles. The average molecular weight is 332 g/mol. The molecule has 13 heavy (non-hydrogen) atoms. The van der Waals surface area contributed by atoms with Crippen LogP contribution >= 0.6 is 31.9 Å². The molecule has 0 radical (unpaired) electrons. The molecule has 1 heterocycles. The van der Waals surface area contributed by atoms with Crippen molar-refractivity contribution in [2.24, 2.45) is 0 Å². The summed E-state index contributed by atoms with van der Waals surface area (Å²) in [6.07, 6.45) is 1.40. The Balaban J connectivity index is 3.04. The molecule has 1 rings (SSSR count). The first kappa shape index (κ1) is 10.9. The van der Waals surface area contributed by atoms with Gasteiger partial charge in [0, 0.05) is 10.7 Å². The van der Waals surface area contributed by atoms with E-state index in [9.17, 15) is 8.42 Å². The van der Waals surface area contributed by atoms with Crippen molar-refractivity contribution >= 4 is 48.0 Å². The highest BCUT2D eigenvalue weighted by Crippen LogP contribution is 2.23. The van der Waals surface area contributed by atoms with Crippen LogP contribution < -0.4 is 4.72 Å². The Morgan fingerprint density at radius 2 is 2.08 bits per heavy atom. The highest BCUT2D eigenvalue weighted by molar-refractivity contribution is 9.11. The highest BCUT2D eigenvalue weighted by Gasteiger charge is 2.08. The topological polar surface area (TPSA) is 79.3 Å². The van der Waals surface area contributed by atoms with Crippen LogP contribution in [-0.2, 0) is 10.3 Å². The van der Waals surface area contributed by atoms with Crippen LogP contribution in [0.15, 0.2) is 21.2 Å². The molecule has 0 bridgehead atoms. The van der Waals surface area contributed by atoms with Crippen LogP contribution in [0.2, 0.25) is 0 Å². The van der Waals surface area contributed by atoms with Crippen molar-refractivity contribution < 1.29 is 13.0 Å². The molecule has 5 nitrogen and oxygen atoms in total. The molecule has 0 fully saturated rings. The van der Waals surface area contributed by atoms with Gasteiger partial charge < -0.3 is 0 Å². The van der Waals surface area contributed by atoms with E-state index < -0.39 is 10.3 Å². The number of rotatable bonds is 2. The van der Waals surface area contributed by atoms with Crippen molar-refractivity contribution in [2.75, 3.05) is 4.72 Å². The molecule has 0 spiro atoms. The fourth-order valence-electron chi connectivity index (χ4n) is 0.612. The van der Waals surface area contributed by atoms with E-state index in [0.29, 0.717) is 8.95 Å². The number of aromatic nitrogens is 1. The maximum absolute atomic E-state index is 10.4. The summed E-state index contributed by atoms with van der Waals surface area (Å²) >= 11 is 6.21. The first-order chi connectivity index (χ1) is 5.88. The Labute approximate surface area is 91.7 Å². The van der Waals surface area contributed by atoms with Crippen molar-refractivity contribution in [2.45, 2.75) is 0 Å². The van der Waals surface area contributed by atoms with Crippen LogP contribution in [0.5, 0.6) is 0 Å². The van der Waals surface area contributed by atoms with Crippen LogP contribution in [0.1, 0.15) is 0 Å². The zero-order valence-electron chi connectivity index (χ0n) is 6.03. The molecule has 0 aromatic carbocycles. The molecule has 8 heteroatoms. The predicted molar refractivity (Wildman–Crippen MR) is 54.8 cm³/mol. The van der Waals surface area contributed by atoms with Gasteiger partial charge in [0.25, 0.3) is 0 Å². The van der Waals surface area contributed by atoms with E-state index in [2.05, 4.69) is 36.8 Å². The van der Waals surface area contributed by atoms with Gasteiger partial charge in [-0.1, -0.05) is 0 Å². The molecular weight excluding hydrogens is 328 g/mol. The number of hydrogen-bond acceptors (Lipinski definition) is 3. The zero-order chi connectivity index (χ0) is 10.1. The fraction of sp³-hybridized carbons (Fsp3) is 0. The largest absolute Gasteiger partial charge is 0.358 e. The lowest BCUT2D eigenvalue weighted by Gasteiger charge is -2.03. The molecule has 0 unspecified atom stereocenters. The lowest BCUT2D eigenvalue weighted by Crippen LogP contribution is -2.11. The molecule has 0 atom stereocenters. The van der Waals surface area contributed by atoms with E-state index in [-0.39, 0.29) is 5.82 Å². The summed E-state index contributed by atoms with van der Waals surface area (Å²) in [5, 5.41) is 0. The number of nitrogens with zero attached hydrogens (tertiary/aromatic N) is 1. The molecule has 0 aliphatic carbocycles. The monoisotopic (exact) mass is 330 g/mol. The molecule has 0 saturated carbocycles. The third kappa shape index (κ3) is 3.59. The minimum Gasteiger partial charge on any atom is -0.269 e. The third-order valence-electron chi connectivity index (χ3n) is 1.03. The molecule has 0 saturated heterocycles. The summed E-state index contributed by atoms with van der Waals surface area (Å²) in [5.41, 5.74) is 0. The number of hydrogen-bond donors (Lipinski definition) is 2. The van der Waals surface area contributed by atoms with E-state index in [0.717, 1.165) is 0 Å². The summed E-state index contributed by atoms with van der Waals surface area (Å²) in [6, 6.07) is 1.60. The number of anilines is 1. The fourth-order valence-corrected chi connectivity index (χ4v) is 2.24.